The maximum atomic E-state index is 12.7. The third kappa shape index (κ3) is 3.46. The fourth-order valence-electron chi connectivity index (χ4n) is 3.97. The predicted molar refractivity (Wildman–Crippen MR) is 91.1 cm³/mol. The standard InChI is InChI=1S/C19H26N2O3/c1-14(22)21-11-5-8-17(21)19(24)20-12-9-16(10-13-20)18(23)15-6-3-2-4-7-15/h2-4,6-7,16-18,23H,5,8-13H2,1H3. The topological polar surface area (TPSA) is 60.9 Å². The van der Waals surface area contributed by atoms with Crippen LogP contribution < -0.4 is 0 Å². The summed E-state index contributed by atoms with van der Waals surface area (Å²) in [5, 5.41) is 10.5. The summed E-state index contributed by atoms with van der Waals surface area (Å²) in [5.41, 5.74) is 0.945. The van der Waals surface area contributed by atoms with Crippen molar-refractivity contribution in [3.8, 4) is 0 Å². The van der Waals surface area contributed by atoms with E-state index >= 15 is 0 Å². The molecule has 2 aliphatic rings. The zero-order valence-electron chi connectivity index (χ0n) is 14.2. The molecule has 2 atom stereocenters. The van der Waals surface area contributed by atoms with E-state index < -0.39 is 6.10 Å². The van der Waals surface area contributed by atoms with E-state index in [2.05, 4.69) is 0 Å². The Morgan fingerprint density at radius 3 is 2.38 bits per heavy atom. The highest BCUT2D eigenvalue weighted by Crippen LogP contribution is 2.31. The molecule has 1 aromatic rings. The van der Waals surface area contributed by atoms with Gasteiger partial charge in [0.05, 0.1) is 6.10 Å². The Balaban J connectivity index is 1.57. The van der Waals surface area contributed by atoms with Crippen LogP contribution >= 0.6 is 0 Å². The Labute approximate surface area is 143 Å². The van der Waals surface area contributed by atoms with Gasteiger partial charge in [-0.15, -0.1) is 0 Å². The van der Waals surface area contributed by atoms with Crippen LogP contribution in [0.3, 0.4) is 0 Å². The van der Waals surface area contributed by atoms with Crippen LogP contribution in [0.1, 0.15) is 44.3 Å². The lowest BCUT2D eigenvalue weighted by molar-refractivity contribution is -0.144. The van der Waals surface area contributed by atoms with Gasteiger partial charge in [-0.25, -0.2) is 0 Å². The lowest BCUT2D eigenvalue weighted by Crippen LogP contribution is -2.49. The number of hydrogen-bond acceptors (Lipinski definition) is 3. The van der Waals surface area contributed by atoms with Crippen LogP contribution in [0.25, 0.3) is 0 Å². The lowest BCUT2D eigenvalue weighted by atomic mass is 9.87. The number of aliphatic hydroxyl groups is 1. The summed E-state index contributed by atoms with van der Waals surface area (Å²) in [4.78, 5) is 28.0. The Bertz CT molecular complexity index is 582. The van der Waals surface area contributed by atoms with Crippen molar-refractivity contribution in [1.29, 1.82) is 0 Å². The Morgan fingerprint density at radius 1 is 1.08 bits per heavy atom. The van der Waals surface area contributed by atoms with Gasteiger partial charge in [0.15, 0.2) is 0 Å². The van der Waals surface area contributed by atoms with Crippen molar-refractivity contribution in [1.82, 2.24) is 9.80 Å². The van der Waals surface area contributed by atoms with Crippen LogP contribution in [-0.4, -0.2) is 52.4 Å². The van der Waals surface area contributed by atoms with Crippen LogP contribution in [0.4, 0.5) is 0 Å². The molecule has 2 fully saturated rings. The van der Waals surface area contributed by atoms with Gasteiger partial charge in [0.2, 0.25) is 11.8 Å². The van der Waals surface area contributed by atoms with Gasteiger partial charge in [-0.2, -0.15) is 0 Å². The molecule has 0 aliphatic carbocycles. The van der Waals surface area contributed by atoms with Crippen molar-refractivity contribution < 1.29 is 14.7 Å². The molecule has 0 spiro atoms. The lowest BCUT2D eigenvalue weighted by Gasteiger charge is -2.37. The Hall–Kier alpha value is -1.88. The third-order valence-electron chi connectivity index (χ3n) is 5.38. The minimum absolute atomic E-state index is 0.0137. The number of carbonyl (C=O) groups excluding carboxylic acids is 2. The maximum absolute atomic E-state index is 12.7. The van der Waals surface area contributed by atoms with E-state index in [1.807, 2.05) is 35.2 Å². The van der Waals surface area contributed by atoms with Crippen LogP contribution in [0.15, 0.2) is 30.3 Å². The SMILES string of the molecule is CC(=O)N1CCCC1C(=O)N1CCC(C(O)c2ccccc2)CC1. The summed E-state index contributed by atoms with van der Waals surface area (Å²) in [6.45, 7) is 3.55. The first kappa shape index (κ1) is 17.0. The summed E-state index contributed by atoms with van der Waals surface area (Å²) in [6, 6.07) is 9.44. The van der Waals surface area contributed by atoms with E-state index in [4.69, 9.17) is 0 Å². The van der Waals surface area contributed by atoms with Crippen LogP contribution in [0.2, 0.25) is 0 Å². The monoisotopic (exact) mass is 330 g/mol. The smallest absolute Gasteiger partial charge is 0.245 e. The van der Waals surface area contributed by atoms with E-state index in [1.54, 1.807) is 4.90 Å². The number of rotatable bonds is 3. The molecule has 5 heteroatoms. The minimum Gasteiger partial charge on any atom is -0.388 e. The van der Waals surface area contributed by atoms with E-state index in [0.717, 1.165) is 31.2 Å². The molecular formula is C19H26N2O3. The zero-order chi connectivity index (χ0) is 17.1. The normalized spacial score (nSPS) is 23.3. The largest absolute Gasteiger partial charge is 0.388 e. The second-order valence-electron chi connectivity index (χ2n) is 6.89. The van der Waals surface area contributed by atoms with Gasteiger partial charge in [0.25, 0.3) is 0 Å². The molecule has 0 radical (unpaired) electrons. The molecule has 3 rings (SSSR count). The van der Waals surface area contributed by atoms with Crippen molar-refractivity contribution >= 4 is 11.8 Å². The van der Waals surface area contributed by atoms with Crippen molar-refractivity contribution in [2.24, 2.45) is 5.92 Å². The number of amides is 2. The molecule has 2 aliphatic heterocycles. The van der Waals surface area contributed by atoms with Gasteiger partial charge in [-0.3, -0.25) is 9.59 Å². The quantitative estimate of drug-likeness (QED) is 0.922. The first-order valence-electron chi connectivity index (χ1n) is 8.87. The summed E-state index contributed by atoms with van der Waals surface area (Å²) in [6.07, 6.45) is 2.80. The molecule has 2 heterocycles. The number of piperidine rings is 1. The van der Waals surface area contributed by atoms with Gasteiger partial charge in [0.1, 0.15) is 6.04 Å². The van der Waals surface area contributed by atoms with Gasteiger partial charge in [-0.05, 0) is 37.2 Å². The summed E-state index contributed by atoms with van der Waals surface area (Å²) < 4.78 is 0. The predicted octanol–water partition coefficient (Wildman–Crippen LogP) is 1.97. The molecule has 0 saturated carbocycles. The molecule has 2 amide bonds. The number of benzene rings is 1. The minimum atomic E-state index is -0.469. The van der Waals surface area contributed by atoms with E-state index in [1.165, 1.54) is 6.92 Å². The molecule has 24 heavy (non-hydrogen) atoms. The third-order valence-corrected chi connectivity index (χ3v) is 5.38. The molecule has 1 aromatic carbocycles. The van der Waals surface area contributed by atoms with Crippen LogP contribution in [-0.2, 0) is 9.59 Å². The van der Waals surface area contributed by atoms with Crippen molar-refractivity contribution in [3.05, 3.63) is 35.9 Å². The molecule has 1 N–H and O–H groups in total. The molecule has 130 valence electrons. The van der Waals surface area contributed by atoms with Crippen LogP contribution in [0, 0.1) is 5.92 Å². The van der Waals surface area contributed by atoms with E-state index in [0.29, 0.717) is 19.6 Å². The Kier molecular flexibility index (Phi) is 5.19. The van der Waals surface area contributed by atoms with Gasteiger partial charge < -0.3 is 14.9 Å². The van der Waals surface area contributed by atoms with Crippen molar-refractivity contribution in [2.45, 2.75) is 44.8 Å². The molecule has 0 bridgehead atoms. The van der Waals surface area contributed by atoms with Crippen molar-refractivity contribution in [2.75, 3.05) is 19.6 Å². The van der Waals surface area contributed by atoms with Gasteiger partial charge >= 0.3 is 0 Å². The fourth-order valence-corrected chi connectivity index (χ4v) is 3.97. The molecular weight excluding hydrogens is 304 g/mol. The highest BCUT2D eigenvalue weighted by molar-refractivity contribution is 5.87. The molecule has 0 aromatic heterocycles. The number of likely N-dealkylation sites (tertiary alicyclic amines) is 2. The number of aliphatic hydroxyl groups excluding tert-OH is 1. The summed E-state index contributed by atoms with van der Waals surface area (Å²) >= 11 is 0. The first-order chi connectivity index (χ1) is 11.6. The second kappa shape index (κ2) is 7.34. The first-order valence-corrected chi connectivity index (χ1v) is 8.87. The van der Waals surface area contributed by atoms with Gasteiger partial charge in [-0.1, -0.05) is 30.3 Å². The van der Waals surface area contributed by atoms with E-state index in [9.17, 15) is 14.7 Å². The summed E-state index contributed by atoms with van der Waals surface area (Å²) in [5.74, 6) is 0.250. The Morgan fingerprint density at radius 2 is 1.75 bits per heavy atom. The second-order valence-corrected chi connectivity index (χ2v) is 6.89. The van der Waals surface area contributed by atoms with Crippen LogP contribution in [0.5, 0.6) is 0 Å². The maximum Gasteiger partial charge on any atom is 0.245 e. The zero-order valence-corrected chi connectivity index (χ0v) is 14.2. The average Bonchev–Trinajstić information content (AvgIpc) is 3.11. The van der Waals surface area contributed by atoms with Gasteiger partial charge in [0, 0.05) is 26.6 Å². The fraction of sp³-hybridized carbons (Fsp3) is 0.579. The highest BCUT2D eigenvalue weighted by atomic mass is 16.3. The number of carbonyl (C=O) groups is 2. The molecule has 5 nitrogen and oxygen atoms in total. The molecule has 2 unspecified atom stereocenters. The van der Waals surface area contributed by atoms with Crippen molar-refractivity contribution in [3.63, 3.8) is 0 Å². The molecule has 2 saturated heterocycles. The summed E-state index contributed by atoms with van der Waals surface area (Å²) in [7, 11) is 0. The average molecular weight is 330 g/mol. The number of nitrogens with zero attached hydrogens (tertiary/aromatic N) is 2. The van der Waals surface area contributed by atoms with E-state index in [-0.39, 0.29) is 23.8 Å². The highest BCUT2D eigenvalue weighted by Gasteiger charge is 2.37. The number of hydrogen-bond donors (Lipinski definition) is 1.